The lowest BCUT2D eigenvalue weighted by atomic mass is 10.1. The van der Waals surface area contributed by atoms with E-state index in [4.69, 9.17) is 18.1 Å². The molecule has 0 spiro atoms. The predicted octanol–water partition coefficient (Wildman–Crippen LogP) is 5.54. The summed E-state index contributed by atoms with van der Waals surface area (Å²) in [6.07, 6.45) is 1.73. The van der Waals surface area contributed by atoms with Gasteiger partial charge in [0, 0.05) is 10.9 Å². The van der Waals surface area contributed by atoms with Crippen molar-refractivity contribution in [3.8, 4) is 0 Å². The molecule has 0 radical (unpaired) electrons. The zero-order valence-corrected chi connectivity index (χ0v) is 20.2. The second-order valence-electron chi connectivity index (χ2n) is 6.45. The first kappa shape index (κ1) is 23.9. The van der Waals surface area contributed by atoms with Crippen LogP contribution in [0, 0.1) is 6.92 Å². The Morgan fingerprint density at radius 2 is 1.77 bits per heavy atom. The third-order valence-electron chi connectivity index (χ3n) is 4.36. The molecule has 0 fully saturated rings. The Hall–Kier alpha value is -1.73. The predicted molar refractivity (Wildman–Crippen MR) is 122 cm³/mol. The van der Waals surface area contributed by atoms with Crippen LogP contribution in [0.5, 0.6) is 0 Å². The van der Waals surface area contributed by atoms with Crippen LogP contribution in [0.15, 0.2) is 29.3 Å². The molecule has 3 rings (SSSR count). The molecule has 0 aliphatic carbocycles. The minimum Gasteiger partial charge on any atom is -0.331 e. The largest absolute Gasteiger partial charge is 0.366 e. The molecule has 0 saturated carbocycles. The van der Waals surface area contributed by atoms with Crippen LogP contribution in [0.3, 0.4) is 0 Å². The second-order valence-corrected chi connectivity index (χ2v) is 10.3. The number of pyridine rings is 1. The molecule has 0 bridgehead atoms. The summed E-state index contributed by atoms with van der Waals surface area (Å²) in [5, 5.41) is 13.5. The van der Waals surface area contributed by atoms with Crippen molar-refractivity contribution in [1.82, 2.24) is 20.0 Å². The summed E-state index contributed by atoms with van der Waals surface area (Å²) in [4.78, 5) is 0. The minimum atomic E-state index is -3.68. The third-order valence-corrected chi connectivity index (χ3v) is 8.96. The number of aromatic nitrogens is 4. The van der Waals surface area contributed by atoms with Crippen LogP contribution >= 0.6 is 16.0 Å². The molecule has 11 heteroatoms. The first-order chi connectivity index (χ1) is 15.0. The van der Waals surface area contributed by atoms with Crippen molar-refractivity contribution in [3.05, 3.63) is 40.4 Å². The van der Waals surface area contributed by atoms with E-state index in [0.29, 0.717) is 29.5 Å². The summed E-state index contributed by atoms with van der Waals surface area (Å²) < 4.78 is 38.4. The van der Waals surface area contributed by atoms with Crippen LogP contribution in [-0.4, -0.2) is 46.5 Å². The molecular formula is C20H28N4O5P2. The first-order valence-electron chi connectivity index (χ1n) is 10.3. The number of fused-ring (bicyclic) bond motifs is 3. The average Bonchev–Trinajstić information content (AvgIpc) is 3.22. The molecule has 0 N–H and O–H groups in total. The Balaban J connectivity index is 2.29. The van der Waals surface area contributed by atoms with E-state index >= 15 is 0 Å². The number of rotatable bonds is 11. The molecule has 0 amide bonds. The summed E-state index contributed by atoms with van der Waals surface area (Å²) in [6, 6.07) is 7.92. The highest BCUT2D eigenvalue weighted by atomic mass is 31.2. The quantitative estimate of drug-likeness (QED) is 0.340. The molecule has 0 aliphatic heterocycles. The zero-order valence-electron chi connectivity index (χ0n) is 18.4. The van der Waals surface area contributed by atoms with Gasteiger partial charge in [-0.3, -0.25) is 4.57 Å². The number of para-hydroxylation sites is 1. The van der Waals surface area contributed by atoms with E-state index in [1.54, 1.807) is 24.4 Å². The number of hydrogen-bond acceptors (Lipinski definition) is 8. The Bertz CT molecular complexity index is 1100. The standard InChI is InChI=1S/C20H28N4O5P2/c1-6-26-30(27-7-2)18(31(25,28-8-3)29-9-4)14-17-13-16-12-10-11-15(5)19(16)24-20(17)21-22-23-24/h10-14H,6-9H2,1-5H3/b18-14-. The van der Waals surface area contributed by atoms with E-state index in [1.165, 1.54) is 0 Å². The number of tetrazole rings is 1. The van der Waals surface area contributed by atoms with E-state index < -0.39 is 16.0 Å². The van der Waals surface area contributed by atoms with Crippen LogP contribution < -0.4 is 0 Å². The van der Waals surface area contributed by atoms with Gasteiger partial charge < -0.3 is 18.1 Å². The fraction of sp³-hybridized carbons (Fsp3) is 0.450. The molecule has 0 unspecified atom stereocenters. The molecule has 168 valence electrons. The Morgan fingerprint density at radius 3 is 2.39 bits per heavy atom. The summed E-state index contributed by atoms with van der Waals surface area (Å²) in [7, 11) is -5.36. The van der Waals surface area contributed by atoms with Gasteiger partial charge in [0.15, 0.2) is 5.65 Å². The Morgan fingerprint density at radius 1 is 1.10 bits per heavy atom. The van der Waals surface area contributed by atoms with Gasteiger partial charge in [-0.15, -0.1) is 5.10 Å². The lowest BCUT2D eigenvalue weighted by Gasteiger charge is -2.25. The third kappa shape index (κ3) is 5.03. The summed E-state index contributed by atoms with van der Waals surface area (Å²) in [6.45, 7) is 10.5. The normalized spacial score (nSPS) is 13.0. The second kappa shape index (κ2) is 10.7. The number of benzene rings is 1. The lowest BCUT2D eigenvalue weighted by molar-refractivity contribution is 0.225. The van der Waals surface area contributed by atoms with Gasteiger partial charge in [-0.1, -0.05) is 18.2 Å². The zero-order chi connectivity index (χ0) is 22.4. The van der Waals surface area contributed by atoms with E-state index in [0.717, 1.165) is 16.5 Å². The molecule has 9 nitrogen and oxygen atoms in total. The fourth-order valence-electron chi connectivity index (χ4n) is 3.23. The van der Waals surface area contributed by atoms with Gasteiger partial charge in [-0.05, 0) is 62.8 Å². The van der Waals surface area contributed by atoms with Gasteiger partial charge in [0.1, 0.15) is 5.06 Å². The van der Waals surface area contributed by atoms with Crippen molar-refractivity contribution in [2.45, 2.75) is 34.6 Å². The highest BCUT2D eigenvalue weighted by Gasteiger charge is 2.38. The van der Waals surface area contributed by atoms with Gasteiger partial charge in [0.2, 0.25) is 8.38 Å². The van der Waals surface area contributed by atoms with Crippen LogP contribution in [0.4, 0.5) is 0 Å². The first-order valence-corrected chi connectivity index (χ1v) is 13.0. The van der Waals surface area contributed by atoms with Crippen LogP contribution in [-0.2, 0) is 22.7 Å². The fourth-order valence-corrected chi connectivity index (χ4v) is 7.09. The van der Waals surface area contributed by atoms with Crippen molar-refractivity contribution < 1.29 is 22.7 Å². The average molecular weight is 466 g/mol. The van der Waals surface area contributed by atoms with Crippen molar-refractivity contribution in [2.75, 3.05) is 26.4 Å². The van der Waals surface area contributed by atoms with Crippen LogP contribution in [0.2, 0.25) is 0 Å². The molecule has 3 aromatic rings. The molecular weight excluding hydrogens is 438 g/mol. The topological polar surface area (TPSA) is 97.1 Å². The van der Waals surface area contributed by atoms with E-state index in [1.807, 2.05) is 45.0 Å². The molecule has 2 aromatic heterocycles. The SMILES string of the molecule is CCOP(OCC)/C(=C/c1cc2cccc(C)c2n2nnnc12)P(=O)(OCC)OCC. The molecule has 1 aromatic carbocycles. The monoisotopic (exact) mass is 466 g/mol. The minimum absolute atomic E-state index is 0.217. The summed E-state index contributed by atoms with van der Waals surface area (Å²) in [5.41, 5.74) is 3.16. The molecule has 0 aliphatic rings. The Labute approximate surface area is 183 Å². The number of aryl methyl sites for hydroxylation is 1. The lowest BCUT2D eigenvalue weighted by Crippen LogP contribution is -2.03. The van der Waals surface area contributed by atoms with Gasteiger partial charge in [0.25, 0.3) is 0 Å². The maximum Gasteiger partial charge on any atom is 0.366 e. The Kier molecular flexibility index (Phi) is 8.28. The number of hydrogen-bond donors (Lipinski definition) is 0. The number of nitrogens with zero attached hydrogens (tertiary/aromatic N) is 4. The van der Waals surface area contributed by atoms with E-state index in [2.05, 4.69) is 15.5 Å². The van der Waals surface area contributed by atoms with E-state index in [-0.39, 0.29) is 13.2 Å². The molecule has 0 atom stereocenters. The van der Waals surface area contributed by atoms with Crippen molar-refractivity contribution in [2.24, 2.45) is 0 Å². The van der Waals surface area contributed by atoms with Crippen molar-refractivity contribution in [1.29, 1.82) is 0 Å². The maximum atomic E-state index is 13.8. The van der Waals surface area contributed by atoms with Gasteiger partial charge >= 0.3 is 7.60 Å². The summed E-state index contributed by atoms with van der Waals surface area (Å²) in [5.74, 6) is 0. The van der Waals surface area contributed by atoms with Gasteiger partial charge in [0.05, 0.1) is 31.9 Å². The molecule has 0 saturated heterocycles. The van der Waals surface area contributed by atoms with Gasteiger partial charge in [-0.25, -0.2) is 0 Å². The summed E-state index contributed by atoms with van der Waals surface area (Å²) >= 11 is 0. The molecule has 31 heavy (non-hydrogen) atoms. The van der Waals surface area contributed by atoms with E-state index in [9.17, 15) is 4.57 Å². The van der Waals surface area contributed by atoms with Crippen molar-refractivity contribution in [3.63, 3.8) is 0 Å². The van der Waals surface area contributed by atoms with Crippen molar-refractivity contribution >= 4 is 38.6 Å². The highest BCUT2D eigenvalue weighted by Crippen LogP contribution is 2.70. The smallest absolute Gasteiger partial charge is 0.331 e. The van der Waals surface area contributed by atoms with Gasteiger partial charge in [-0.2, -0.15) is 4.52 Å². The molecule has 2 heterocycles. The van der Waals surface area contributed by atoms with Crippen LogP contribution in [0.25, 0.3) is 22.6 Å². The maximum absolute atomic E-state index is 13.8. The van der Waals surface area contributed by atoms with Crippen LogP contribution in [0.1, 0.15) is 38.8 Å². The highest BCUT2D eigenvalue weighted by molar-refractivity contribution is 7.76.